The number of hydrogen-bond acceptors (Lipinski definition) is 6. The molecular weight excluding hydrogens is 338 g/mol. The van der Waals surface area contributed by atoms with Crippen molar-refractivity contribution in [3.05, 3.63) is 53.2 Å². The van der Waals surface area contributed by atoms with Crippen molar-refractivity contribution in [2.75, 3.05) is 13.7 Å². The van der Waals surface area contributed by atoms with Crippen LogP contribution in [0, 0.1) is 0 Å². The fourth-order valence-corrected chi connectivity index (χ4v) is 3.68. The van der Waals surface area contributed by atoms with Gasteiger partial charge in [0.15, 0.2) is 5.82 Å². The largest absolute Gasteiger partial charge is 0.496 e. The van der Waals surface area contributed by atoms with Gasteiger partial charge < -0.3 is 14.2 Å². The van der Waals surface area contributed by atoms with Gasteiger partial charge in [0.2, 0.25) is 5.91 Å². The minimum absolute atomic E-state index is 0.0420. The molecule has 1 amide bonds. The third kappa shape index (κ3) is 3.15. The number of likely N-dealkylation sites (tertiary alicyclic amines) is 1. The maximum absolute atomic E-state index is 12.4. The van der Waals surface area contributed by atoms with E-state index in [1.54, 1.807) is 18.4 Å². The van der Waals surface area contributed by atoms with Crippen LogP contribution in [0.2, 0.25) is 0 Å². The molecule has 1 aliphatic heterocycles. The Morgan fingerprint density at radius 1 is 1.32 bits per heavy atom. The Morgan fingerprint density at radius 3 is 3.00 bits per heavy atom. The molecule has 4 rings (SSSR count). The fourth-order valence-electron chi connectivity index (χ4n) is 3.04. The standard InChI is InChI=1S/C18H17N3O3S/c1-23-14-6-3-2-5-12(14)10-21-11-13(9-16(21)22)17-19-18(24-20-17)15-7-4-8-25-15/h2-8,13H,9-11H2,1H3. The van der Waals surface area contributed by atoms with Crippen LogP contribution in [-0.4, -0.2) is 34.6 Å². The average Bonchev–Trinajstić information content (AvgIpc) is 3.36. The highest BCUT2D eigenvalue weighted by atomic mass is 32.1. The van der Waals surface area contributed by atoms with Crippen LogP contribution < -0.4 is 4.74 Å². The summed E-state index contributed by atoms with van der Waals surface area (Å²) in [5.41, 5.74) is 0.992. The van der Waals surface area contributed by atoms with Crippen LogP contribution in [0.15, 0.2) is 46.3 Å². The molecule has 3 heterocycles. The van der Waals surface area contributed by atoms with Crippen LogP contribution in [0.3, 0.4) is 0 Å². The zero-order valence-electron chi connectivity index (χ0n) is 13.7. The van der Waals surface area contributed by atoms with Gasteiger partial charge in [-0.3, -0.25) is 4.79 Å². The van der Waals surface area contributed by atoms with E-state index in [0.29, 0.717) is 31.2 Å². The lowest BCUT2D eigenvalue weighted by Crippen LogP contribution is -2.24. The normalized spacial score (nSPS) is 17.2. The zero-order valence-corrected chi connectivity index (χ0v) is 14.5. The van der Waals surface area contributed by atoms with E-state index in [4.69, 9.17) is 9.26 Å². The summed E-state index contributed by atoms with van der Waals surface area (Å²) in [4.78, 5) is 19.6. The minimum Gasteiger partial charge on any atom is -0.496 e. The first-order valence-corrected chi connectivity index (χ1v) is 8.89. The van der Waals surface area contributed by atoms with Crippen LogP contribution in [0.5, 0.6) is 5.75 Å². The lowest BCUT2D eigenvalue weighted by atomic mass is 10.1. The van der Waals surface area contributed by atoms with Crippen LogP contribution in [0.4, 0.5) is 0 Å². The van der Waals surface area contributed by atoms with Crippen molar-refractivity contribution in [1.29, 1.82) is 0 Å². The number of carbonyl (C=O) groups excluding carboxylic acids is 1. The van der Waals surface area contributed by atoms with Gasteiger partial charge >= 0.3 is 0 Å². The predicted octanol–water partition coefficient (Wildman–Crippen LogP) is 3.32. The summed E-state index contributed by atoms with van der Waals surface area (Å²) in [6, 6.07) is 11.6. The number of thiophene rings is 1. The summed E-state index contributed by atoms with van der Waals surface area (Å²) < 4.78 is 10.7. The van der Waals surface area contributed by atoms with Crippen molar-refractivity contribution >= 4 is 17.2 Å². The molecule has 6 nitrogen and oxygen atoms in total. The zero-order chi connectivity index (χ0) is 17.2. The van der Waals surface area contributed by atoms with Crippen molar-refractivity contribution < 1.29 is 14.1 Å². The highest BCUT2D eigenvalue weighted by Crippen LogP contribution is 2.31. The van der Waals surface area contributed by atoms with E-state index in [0.717, 1.165) is 16.2 Å². The van der Waals surface area contributed by atoms with E-state index < -0.39 is 0 Å². The van der Waals surface area contributed by atoms with Gasteiger partial charge in [0.25, 0.3) is 5.89 Å². The van der Waals surface area contributed by atoms with Gasteiger partial charge in [-0.2, -0.15) is 4.98 Å². The molecule has 2 aromatic heterocycles. The molecule has 3 aromatic rings. The van der Waals surface area contributed by atoms with Crippen molar-refractivity contribution in [2.24, 2.45) is 0 Å². The van der Waals surface area contributed by atoms with E-state index in [-0.39, 0.29) is 11.8 Å². The molecule has 0 spiro atoms. The highest BCUT2D eigenvalue weighted by molar-refractivity contribution is 7.13. The molecule has 0 bridgehead atoms. The number of ether oxygens (including phenoxy) is 1. The second kappa shape index (κ2) is 6.68. The second-order valence-electron chi connectivity index (χ2n) is 5.92. The SMILES string of the molecule is COc1ccccc1CN1CC(c2noc(-c3cccs3)n2)CC1=O. The van der Waals surface area contributed by atoms with Gasteiger partial charge in [-0.1, -0.05) is 29.4 Å². The molecule has 1 aliphatic rings. The number of carbonyl (C=O) groups is 1. The first-order valence-electron chi connectivity index (χ1n) is 8.01. The fraction of sp³-hybridized carbons (Fsp3) is 0.278. The summed E-state index contributed by atoms with van der Waals surface area (Å²) in [6.07, 6.45) is 0.401. The van der Waals surface area contributed by atoms with Gasteiger partial charge in [0.1, 0.15) is 5.75 Å². The minimum atomic E-state index is -0.0420. The number of benzene rings is 1. The van der Waals surface area contributed by atoms with Crippen molar-refractivity contribution in [1.82, 2.24) is 15.0 Å². The number of para-hydroxylation sites is 1. The monoisotopic (exact) mass is 355 g/mol. The molecule has 0 radical (unpaired) electrons. The first kappa shape index (κ1) is 15.8. The van der Waals surface area contributed by atoms with E-state index in [2.05, 4.69) is 10.1 Å². The average molecular weight is 355 g/mol. The van der Waals surface area contributed by atoms with Crippen molar-refractivity contribution in [3.63, 3.8) is 0 Å². The number of amides is 1. The molecule has 0 aliphatic carbocycles. The molecule has 1 saturated heterocycles. The van der Waals surface area contributed by atoms with Crippen LogP contribution in [0.25, 0.3) is 10.8 Å². The van der Waals surface area contributed by atoms with E-state index in [1.807, 2.05) is 46.7 Å². The molecule has 7 heteroatoms. The quantitative estimate of drug-likeness (QED) is 0.702. The summed E-state index contributed by atoms with van der Waals surface area (Å²) in [7, 11) is 1.64. The topological polar surface area (TPSA) is 68.5 Å². The summed E-state index contributed by atoms with van der Waals surface area (Å²) >= 11 is 1.55. The summed E-state index contributed by atoms with van der Waals surface area (Å²) in [6.45, 7) is 1.11. The molecule has 1 aromatic carbocycles. The Labute approximate surface area is 149 Å². The Bertz CT molecular complexity index is 875. The summed E-state index contributed by atoms with van der Waals surface area (Å²) in [5, 5.41) is 6.05. The molecule has 1 atom stereocenters. The molecule has 0 N–H and O–H groups in total. The molecule has 1 fully saturated rings. The van der Waals surface area contributed by atoms with Gasteiger partial charge in [-0.15, -0.1) is 11.3 Å². The third-order valence-electron chi connectivity index (χ3n) is 4.31. The van der Waals surface area contributed by atoms with Gasteiger partial charge in [0.05, 0.1) is 12.0 Å². The Morgan fingerprint density at radius 2 is 2.20 bits per heavy atom. The van der Waals surface area contributed by atoms with E-state index >= 15 is 0 Å². The predicted molar refractivity (Wildman–Crippen MR) is 93.4 cm³/mol. The van der Waals surface area contributed by atoms with Gasteiger partial charge in [-0.05, 0) is 17.5 Å². The molecule has 1 unspecified atom stereocenters. The maximum Gasteiger partial charge on any atom is 0.267 e. The number of nitrogens with zero attached hydrogens (tertiary/aromatic N) is 3. The third-order valence-corrected chi connectivity index (χ3v) is 5.16. The van der Waals surface area contributed by atoms with E-state index in [9.17, 15) is 4.79 Å². The van der Waals surface area contributed by atoms with Gasteiger partial charge in [0, 0.05) is 31.0 Å². The molecule has 128 valence electrons. The highest BCUT2D eigenvalue weighted by Gasteiger charge is 2.34. The van der Waals surface area contributed by atoms with Crippen molar-refractivity contribution in [3.8, 4) is 16.5 Å². The number of aromatic nitrogens is 2. The van der Waals surface area contributed by atoms with Gasteiger partial charge in [-0.25, -0.2) is 0 Å². The molecular formula is C18H17N3O3S. The van der Waals surface area contributed by atoms with E-state index in [1.165, 1.54) is 0 Å². The van der Waals surface area contributed by atoms with Crippen LogP contribution in [-0.2, 0) is 11.3 Å². The Hall–Kier alpha value is -2.67. The number of methoxy groups -OCH3 is 1. The van der Waals surface area contributed by atoms with Crippen LogP contribution >= 0.6 is 11.3 Å². The lowest BCUT2D eigenvalue weighted by Gasteiger charge is -2.17. The first-order chi connectivity index (χ1) is 12.2. The smallest absolute Gasteiger partial charge is 0.267 e. The van der Waals surface area contributed by atoms with Crippen LogP contribution in [0.1, 0.15) is 23.7 Å². The second-order valence-corrected chi connectivity index (χ2v) is 6.87. The number of rotatable bonds is 5. The Balaban J connectivity index is 1.49. The Kier molecular flexibility index (Phi) is 4.23. The molecule has 0 saturated carbocycles. The maximum atomic E-state index is 12.4. The molecule has 25 heavy (non-hydrogen) atoms. The number of hydrogen-bond donors (Lipinski definition) is 0. The summed E-state index contributed by atoms with van der Waals surface area (Å²) in [5.74, 6) is 1.95. The lowest BCUT2D eigenvalue weighted by molar-refractivity contribution is -0.128. The van der Waals surface area contributed by atoms with Crippen molar-refractivity contribution in [2.45, 2.75) is 18.9 Å².